The molecule has 0 atom stereocenters. The molecule has 0 spiro atoms. The Hall–Kier alpha value is -3.27. The van der Waals surface area contributed by atoms with Gasteiger partial charge in [0.25, 0.3) is 0 Å². The van der Waals surface area contributed by atoms with Gasteiger partial charge in [-0.15, -0.1) is 0 Å². The van der Waals surface area contributed by atoms with Crippen molar-refractivity contribution in [3.05, 3.63) is 72.3 Å². The molecule has 3 aromatic rings. The summed E-state index contributed by atoms with van der Waals surface area (Å²) in [5, 5.41) is 5.06. The number of carbonyl (C=O) groups is 1. The van der Waals surface area contributed by atoms with Crippen LogP contribution in [0, 0.1) is 0 Å². The maximum Gasteiger partial charge on any atom is 0.248 e. The molecule has 1 N–H and O–H groups in total. The van der Waals surface area contributed by atoms with Gasteiger partial charge in [-0.3, -0.25) is 4.79 Å². The van der Waals surface area contributed by atoms with Crippen LogP contribution in [0.2, 0.25) is 0 Å². The van der Waals surface area contributed by atoms with Crippen LogP contribution in [0.1, 0.15) is 25.8 Å². The summed E-state index contributed by atoms with van der Waals surface area (Å²) in [4.78, 5) is 12.4. The van der Waals surface area contributed by atoms with E-state index in [1.165, 1.54) is 6.08 Å². The zero-order chi connectivity index (χ0) is 19.8. The molecule has 0 aliphatic rings. The number of benzene rings is 3. The summed E-state index contributed by atoms with van der Waals surface area (Å²) >= 11 is 0. The molecule has 144 valence electrons. The van der Waals surface area contributed by atoms with Gasteiger partial charge >= 0.3 is 0 Å². The number of ether oxygens (including phenoxy) is 2. The summed E-state index contributed by atoms with van der Waals surface area (Å²) in [6.07, 6.45) is 4.23. The van der Waals surface area contributed by atoms with E-state index in [0.717, 1.165) is 34.2 Å². The highest BCUT2D eigenvalue weighted by atomic mass is 16.5. The van der Waals surface area contributed by atoms with Crippen molar-refractivity contribution in [2.45, 2.75) is 20.3 Å². The number of anilines is 1. The van der Waals surface area contributed by atoms with E-state index in [1.54, 1.807) is 6.08 Å². The molecule has 0 heterocycles. The third-order valence-corrected chi connectivity index (χ3v) is 4.20. The van der Waals surface area contributed by atoms with Crippen molar-refractivity contribution in [2.24, 2.45) is 0 Å². The van der Waals surface area contributed by atoms with Gasteiger partial charge in [0, 0.05) is 17.1 Å². The normalized spacial score (nSPS) is 10.9. The van der Waals surface area contributed by atoms with Crippen LogP contribution in [0.4, 0.5) is 5.69 Å². The second-order valence-corrected chi connectivity index (χ2v) is 6.34. The third-order valence-electron chi connectivity index (χ3n) is 4.20. The van der Waals surface area contributed by atoms with Crippen LogP contribution in [-0.2, 0) is 4.79 Å². The summed E-state index contributed by atoms with van der Waals surface area (Å²) in [6.45, 7) is 5.19. The lowest BCUT2D eigenvalue weighted by Crippen LogP contribution is -2.08. The molecule has 1 amide bonds. The molecule has 28 heavy (non-hydrogen) atoms. The zero-order valence-electron chi connectivity index (χ0n) is 16.3. The molecular weight excluding hydrogens is 350 g/mol. The topological polar surface area (TPSA) is 47.6 Å². The average molecular weight is 375 g/mol. The largest absolute Gasteiger partial charge is 0.490 e. The highest BCUT2D eigenvalue weighted by Gasteiger charge is 2.06. The van der Waals surface area contributed by atoms with Crippen molar-refractivity contribution < 1.29 is 14.3 Å². The number of hydrogen-bond acceptors (Lipinski definition) is 3. The lowest BCUT2D eigenvalue weighted by atomic mass is 10.1. The molecular formula is C24H25NO3. The SMILES string of the molecule is CCCOc1ccc(/C=C/C(=O)Nc2cccc3ccccc23)cc1OCC. The minimum atomic E-state index is -0.180. The van der Waals surface area contributed by atoms with Gasteiger partial charge in [0.15, 0.2) is 11.5 Å². The molecule has 0 aliphatic carbocycles. The first-order valence-electron chi connectivity index (χ1n) is 9.57. The molecule has 0 saturated heterocycles. The fourth-order valence-corrected chi connectivity index (χ4v) is 2.91. The van der Waals surface area contributed by atoms with Crippen LogP contribution in [-0.4, -0.2) is 19.1 Å². The number of carbonyl (C=O) groups excluding carboxylic acids is 1. The summed E-state index contributed by atoms with van der Waals surface area (Å²) in [5.41, 5.74) is 1.67. The Bertz CT molecular complexity index is 973. The van der Waals surface area contributed by atoms with Gasteiger partial charge in [-0.2, -0.15) is 0 Å². The van der Waals surface area contributed by atoms with Crippen molar-refractivity contribution in [1.29, 1.82) is 0 Å². The predicted octanol–water partition coefficient (Wildman–Crippen LogP) is 5.68. The molecule has 4 heteroatoms. The van der Waals surface area contributed by atoms with Gasteiger partial charge in [-0.25, -0.2) is 0 Å². The van der Waals surface area contributed by atoms with Gasteiger partial charge in [0.1, 0.15) is 0 Å². The highest BCUT2D eigenvalue weighted by Crippen LogP contribution is 2.29. The first kappa shape index (κ1) is 19.5. The second kappa shape index (κ2) is 9.60. The lowest BCUT2D eigenvalue weighted by Gasteiger charge is -2.12. The number of hydrogen-bond donors (Lipinski definition) is 1. The molecule has 3 aromatic carbocycles. The number of fused-ring (bicyclic) bond motifs is 1. The highest BCUT2D eigenvalue weighted by molar-refractivity contribution is 6.07. The summed E-state index contributed by atoms with van der Waals surface area (Å²) in [6, 6.07) is 19.5. The Labute approximate surface area is 165 Å². The van der Waals surface area contributed by atoms with Crippen molar-refractivity contribution in [1.82, 2.24) is 0 Å². The fourth-order valence-electron chi connectivity index (χ4n) is 2.91. The molecule has 0 fully saturated rings. The van der Waals surface area contributed by atoms with E-state index in [9.17, 15) is 4.79 Å². The van der Waals surface area contributed by atoms with E-state index in [1.807, 2.05) is 67.6 Å². The van der Waals surface area contributed by atoms with Gasteiger partial charge in [-0.05, 0) is 48.6 Å². The fraction of sp³-hybridized carbons (Fsp3) is 0.208. The van der Waals surface area contributed by atoms with Gasteiger partial charge < -0.3 is 14.8 Å². The first-order chi connectivity index (χ1) is 13.7. The van der Waals surface area contributed by atoms with Gasteiger partial charge in [0.2, 0.25) is 5.91 Å². The van der Waals surface area contributed by atoms with Gasteiger partial charge in [0.05, 0.1) is 13.2 Å². The van der Waals surface area contributed by atoms with E-state index in [2.05, 4.69) is 12.2 Å². The predicted molar refractivity (Wildman–Crippen MR) is 115 cm³/mol. The maximum absolute atomic E-state index is 12.4. The molecule has 0 bridgehead atoms. The summed E-state index contributed by atoms with van der Waals surface area (Å²) in [7, 11) is 0. The Morgan fingerprint density at radius 2 is 1.79 bits per heavy atom. The molecule has 0 aliphatic heterocycles. The van der Waals surface area contributed by atoms with Crippen LogP contribution in [0.5, 0.6) is 11.5 Å². The Balaban J connectivity index is 1.73. The Morgan fingerprint density at radius 3 is 2.61 bits per heavy atom. The Morgan fingerprint density at radius 1 is 0.964 bits per heavy atom. The maximum atomic E-state index is 12.4. The summed E-state index contributed by atoms with van der Waals surface area (Å²) < 4.78 is 11.4. The van der Waals surface area contributed by atoms with E-state index >= 15 is 0 Å². The van der Waals surface area contributed by atoms with Crippen molar-refractivity contribution in [2.75, 3.05) is 18.5 Å². The molecule has 0 radical (unpaired) electrons. The summed E-state index contributed by atoms with van der Waals surface area (Å²) in [5.74, 6) is 1.23. The van der Waals surface area contributed by atoms with E-state index < -0.39 is 0 Å². The first-order valence-corrected chi connectivity index (χ1v) is 9.57. The Kier molecular flexibility index (Phi) is 6.68. The molecule has 0 saturated carbocycles. The van der Waals surface area contributed by atoms with Crippen LogP contribution < -0.4 is 14.8 Å². The number of rotatable bonds is 8. The smallest absolute Gasteiger partial charge is 0.248 e. The van der Waals surface area contributed by atoms with E-state index in [0.29, 0.717) is 19.0 Å². The lowest BCUT2D eigenvalue weighted by molar-refractivity contribution is -0.111. The van der Waals surface area contributed by atoms with Crippen molar-refractivity contribution in [3.8, 4) is 11.5 Å². The molecule has 3 rings (SSSR count). The van der Waals surface area contributed by atoms with Crippen molar-refractivity contribution in [3.63, 3.8) is 0 Å². The minimum absolute atomic E-state index is 0.180. The van der Waals surface area contributed by atoms with Gasteiger partial charge in [-0.1, -0.05) is 49.4 Å². The van der Waals surface area contributed by atoms with Crippen LogP contribution >= 0.6 is 0 Å². The van der Waals surface area contributed by atoms with Crippen LogP contribution in [0.25, 0.3) is 16.8 Å². The molecule has 4 nitrogen and oxygen atoms in total. The number of nitrogens with one attached hydrogen (secondary N) is 1. The monoisotopic (exact) mass is 375 g/mol. The van der Waals surface area contributed by atoms with E-state index in [4.69, 9.17) is 9.47 Å². The zero-order valence-corrected chi connectivity index (χ0v) is 16.3. The van der Waals surface area contributed by atoms with E-state index in [-0.39, 0.29) is 5.91 Å². The minimum Gasteiger partial charge on any atom is -0.490 e. The average Bonchev–Trinajstić information content (AvgIpc) is 2.72. The second-order valence-electron chi connectivity index (χ2n) is 6.34. The molecule has 0 unspecified atom stereocenters. The molecule has 0 aromatic heterocycles. The quantitative estimate of drug-likeness (QED) is 0.515. The number of amides is 1. The third kappa shape index (κ3) is 4.92. The van der Waals surface area contributed by atoms with Crippen molar-refractivity contribution >= 4 is 28.4 Å². The van der Waals surface area contributed by atoms with Crippen LogP contribution in [0.3, 0.4) is 0 Å². The standard InChI is InChI=1S/C24H25NO3/c1-3-16-28-22-14-12-18(17-23(22)27-4-2)13-15-24(26)25-21-11-7-9-19-8-5-6-10-20(19)21/h5-15,17H,3-4,16H2,1-2H3,(H,25,26)/b15-13+. The van der Waals surface area contributed by atoms with Crippen LogP contribution in [0.15, 0.2) is 66.7 Å².